The highest BCUT2D eigenvalue weighted by atomic mass is 19.4. The van der Waals surface area contributed by atoms with Gasteiger partial charge >= 0.3 is 12.5 Å². The third-order valence-electron chi connectivity index (χ3n) is 4.38. The number of aromatic nitrogens is 3. The SMILES string of the molecule is CCOC(=O)OC(C)n1nc(C#N)c(-c2cc(Cc3ccc(F)cc3)cc(OC(F)(F)F)c2)n1. The highest BCUT2D eigenvalue weighted by Gasteiger charge is 2.31. The number of carbonyl (C=O) groups excluding carboxylic acids is 1. The first-order chi connectivity index (χ1) is 16.1. The van der Waals surface area contributed by atoms with Crippen molar-refractivity contribution < 1.29 is 36.6 Å². The zero-order valence-corrected chi connectivity index (χ0v) is 18.0. The third kappa shape index (κ3) is 6.44. The van der Waals surface area contributed by atoms with Gasteiger partial charge in [0.05, 0.1) is 6.61 Å². The Morgan fingerprint density at radius 3 is 2.47 bits per heavy atom. The van der Waals surface area contributed by atoms with Gasteiger partial charge in [0.1, 0.15) is 23.3 Å². The Bertz CT molecular complexity index is 1200. The first kappa shape index (κ1) is 24.5. The van der Waals surface area contributed by atoms with E-state index in [1.165, 1.54) is 43.3 Å². The maximum absolute atomic E-state index is 13.2. The van der Waals surface area contributed by atoms with E-state index in [9.17, 15) is 27.6 Å². The van der Waals surface area contributed by atoms with Crippen molar-refractivity contribution in [2.75, 3.05) is 6.61 Å². The molecule has 1 heterocycles. The Labute approximate surface area is 191 Å². The molecule has 0 fully saturated rings. The van der Waals surface area contributed by atoms with Gasteiger partial charge in [-0.1, -0.05) is 12.1 Å². The van der Waals surface area contributed by atoms with Crippen LogP contribution in [0, 0.1) is 17.1 Å². The highest BCUT2D eigenvalue weighted by Crippen LogP contribution is 2.31. The van der Waals surface area contributed by atoms with E-state index < -0.39 is 30.3 Å². The topological polar surface area (TPSA) is 99.3 Å². The maximum Gasteiger partial charge on any atom is 0.573 e. The summed E-state index contributed by atoms with van der Waals surface area (Å²) in [5.74, 6) is -0.982. The third-order valence-corrected chi connectivity index (χ3v) is 4.38. The van der Waals surface area contributed by atoms with Gasteiger partial charge < -0.3 is 14.2 Å². The second kappa shape index (κ2) is 10.2. The standard InChI is InChI=1S/C22H18F4N4O4/c1-3-32-21(31)33-13(2)30-28-19(12-27)20(29-30)16-9-15(8-14-4-6-17(23)7-5-14)10-18(11-16)34-22(24,25)26/h4-7,9-11,13H,3,8H2,1-2H3. The molecular formula is C22H18F4N4O4. The van der Waals surface area contributed by atoms with Crippen LogP contribution in [0.1, 0.15) is 36.9 Å². The minimum atomic E-state index is -4.95. The summed E-state index contributed by atoms with van der Waals surface area (Å²) in [7, 11) is 0. The smallest absolute Gasteiger partial charge is 0.435 e. The van der Waals surface area contributed by atoms with Gasteiger partial charge in [0.2, 0.25) is 6.23 Å². The molecular weight excluding hydrogens is 460 g/mol. The fourth-order valence-corrected chi connectivity index (χ4v) is 3.02. The minimum absolute atomic E-state index is 0.0465. The number of nitrogens with zero attached hydrogens (tertiary/aromatic N) is 4. The van der Waals surface area contributed by atoms with Gasteiger partial charge in [-0.05, 0) is 61.7 Å². The molecule has 2 aromatic carbocycles. The zero-order valence-electron chi connectivity index (χ0n) is 18.0. The van der Waals surface area contributed by atoms with E-state index in [4.69, 9.17) is 4.74 Å². The zero-order chi connectivity index (χ0) is 24.9. The second-order valence-electron chi connectivity index (χ2n) is 6.95. The van der Waals surface area contributed by atoms with Gasteiger partial charge in [-0.2, -0.15) is 5.26 Å². The number of carbonyl (C=O) groups is 1. The Balaban J connectivity index is 2.00. The average Bonchev–Trinajstić information content (AvgIpc) is 3.19. The molecule has 3 aromatic rings. The molecule has 0 spiro atoms. The van der Waals surface area contributed by atoms with Gasteiger partial charge in [-0.3, -0.25) is 0 Å². The van der Waals surface area contributed by atoms with Crippen molar-refractivity contribution in [3.05, 3.63) is 65.1 Å². The predicted molar refractivity (Wildman–Crippen MR) is 109 cm³/mol. The Hall–Kier alpha value is -4.14. The number of hydrogen-bond donors (Lipinski definition) is 0. The van der Waals surface area contributed by atoms with Crippen LogP contribution in [0.3, 0.4) is 0 Å². The molecule has 12 heteroatoms. The summed E-state index contributed by atoms with van der Waals surface area (Å²) in [4.78, 5) is 12.5. The first-order valence-electron chi connectivity index (χ1n) is 9.92. The largest absolute Gasteiger partial charge is 0.573 e. The minimum Gasteiger partial charge on any atom is -0.435 e. The number of nitriles is 1. The lowest BCUT2D eigenvalue weighted by Crippen LogP contribution is -2.18. The van der Waals surface area contributed by atoms with Crippen molar-refractivity contribution >= 4 is 6.16 Å². The molecule has 1 aromatic heterocycles. The highest BCUT2D eigenvalue weighted by molar-refractivity contribution is 5.67. The van der Waals surface area contributed by atoms with Crippen LogP contribution in [0.5, 0.6) is 5.75 Å². The van der Waals surface area contributed by atoms with Gasteiger partial charge in [-0.25, -0.2) is 9.18 Å². The molecule has 0 aliphatic carbocycles. The maximum atomic E-state index is 13.2. The lowest BCUT2D eigenvalue weighted by atomic mass is 10.0. The van der Waals surface area contributed by atoms with E-state index in [1.54, 1.807) is 6.92 Å². The number of alkyl halides is 3. The Morgan fingerprint density at radius 2 is 1.85 bits per heavy atom. The Morgan fingerprint density at radius 1 is 1.15 bits per heavy atom. The molecule has 0 aliphatic heterocycles. The number of hydrogen-bond acceptors (Lipinski definition) is 7. The summed E-state index contributed by atoms with van der Waals surface area (Å²) in [6, 6.07) is 11.0. The quantitative estimate of drug-likeness (QED) is 0.343. The van der Waals surface area contributed by atoms with Crippen LogP contribution in [-0.2, 0) is 15.9 Å². The van der Waals surface area contributed by atoms with E-state index in [2.05, 4.69) is 19.7 Å². The lowest BCUT2D eigenvalue weighted by molar-refractivity contribution is -0.274. The van der Waals surface area contributed by atoms with Crippen molar-refractivity contribution in [3.8, 4) is 23.1 Å². The summed E-state index contributed by atoms with van der Waals surface area (Å²) in [5, 5.41) is 17.6. The molecule has 0 saturated heterocycles. The number of rotatable bonds is 7. The van der Waals surface area contributed by atoms with Gasteiger partial charge in [-0.15, -0.1) is 28.2 Å². The summed E-state index contributed by atoms with van der Waals surface area (Å²) < 4.78 is 65.7. The van der Waals surface area contributed by atoms with Crippen molar-refractivity contribution in [3.63, 3.8) is 0 Å². The van der Waals surface area contributed by atoms with Crippen LogP contribution in [0.2, 0.25) is 0 Å². The fraction of sp³-hybridized carbons (Fsp3) is 0.273. The predicted octanol–water partition coefficient (Wildman–Crippen LogP) is 5.14. The molecule has 0 saturated carbocycles. The van der Waals surface area contributed by atoms with Crippen molar-refractivity contribution in [1.82, 2.24) is 15.0 Å². The van der Waals surface area contributed by atoms with E-state index >= 15 is 0 Å². The molecule has 0 aliphatic rings. The van der Waals surface area contributed by atoms with E-state index in [0.29, 0.717) is 11.1 Å². The fourth-order valence-electron chi connectivity index (χ4n) is 3.02. The van der Waals surface area contributed by atoms with E-state index in [-0.39, 0.29) is 30.0 Å². The van der Waals surface area contributed by atoms with Crippen molar-refractivity contribution in [2.45, 2.75) is 32.9 Å². The van der Waals surface area contributed by atoms with Crippen molar-refractivity contribution in [1.29, 1.82) is 5.26 Å². The monoisotopic (exact) mass is 478 g/mol. The normalized spacial score (nSPS) is 12.0. The molecule has 8 nitrogen and oxygen atoms in total. The van der Waals surface area contributed by atoms with Crippen LogP contribution in [0.25, 0.3) is 11.3 Å². The van der Waals surface area contributed by atoms with Crippen LogP contribution in [0.4, 0.5) is 22.4 Å². The second-order valence-corrected chi connectivity index (χ2v) is 6.95. The molecule has 3 rings (SSSR count). The molecule has 0 radical (unpaired) electrons. The number of ether oxygens (including phenoxy) is 3. The molecule has 34 heavy (non-hydrogen) atoms. The molecule has 1 atom stereocenters. The average molecular weight is 478 g/mol. The summed E-state index contributed by atoms with van der Waals surface area (Å²) >= 11 is 0. The molecule has 0 amide bonds. The lowest BCUT2D eigenvalue weighted by Gasteiger charge is -2.13. The summed E-state index contributed by atoms with van der Waals surface area (Å²) in [5.41, 5.74) is 0.880. The molecule has 0 N–H and O–H groups in total. The van der Waals surface area contributed by atoms with Gasteiger partial charge in [0, 0.05) is 5.56 Å². The van der Waals surface area contributed by atoms with E-state index in [0.717, 1.165) is 10.9 Å². The molecule has 178 valence electrons. The Kier molecular flexibility index (Phi) is 7.35. The molecule has 1 unspecified atom stereocenters. The van der Waals surface area contributed by atoms with E-state index in [1.807, 2.05) is 6.07 Å². The van der Waals surface area contributed by atoms with Gasteiger partial charge in [0.15, 0.2) is 5.69 Å². The number of benzene rings is 2. The number of halogens is 4. The summed E-state index contributed by atoms with van der Waals surface area (Å²) in [6.45, 7) is 3.09. The van der Waals surface area contributed by atoms with Crippen LogP contribution in [0.15, 0.2) is 42.5 Å². The first-order valence-corrected chi connectivity index (χ1v) is 9.92. The van der Waals surface area contributed by atoms with Crippen LogP contribution < -0.4 is 4.74 Å². The van der Waals surface area contributed by atoms with Crippen LogP contribution >= 0.6 is 0 Å². The van der Waals surface area contributed by atoms with Crippen molar-refractivity contribution in [2.24, 2.45) is 0 Å². The van der Waals surface area contributed by atoms with Crippen LogP contribution in [-0.4, -0.2) is 34.1 Å². The summed E-state index contributed by atoms with van der Waals surface area (Å²) in [6.07, 6.45) is -6.84. The molecule has 0 bridgehead atoms. The van der Waals surface area contributed by atoms with Gasteiger partial charge in [0.25, 0.3) is 0 Å².